The predicted octanol–water partition coefficient (Wildman–Crippen LogP) is 5.75. The van der Waals surface area contributed by atoms with E-state index in [-0.39, 0.29) is 22.6 Å². The quantitative estimate of drug-likeness (QED) is 0.361. The summed E-state index contributed by atoms with van der Waals surface area (Å²) in [5, 5.41) is 21.5. The van der Waals surface area contributed by atoms with E-state index in [1.54, 1.807) is 18.5 Å². The molecule has 0 fully saturated rings. The average molecular weight is 477 g/mol. The minimum absolute atomic E-state index is 0.0345. The summed E-state index contributed by atoms with van der Waals surface area (Å²) >= 11 is 0. The lowest BCUT2D eigenvalue weighted by Crippen LogP contribution is -2.29. The lowest BCUT2D eigenvalue weighted by Gasteiger charge is -2.28. The van der Waals surface area contributed by atoms with Gasteiger partial charge in [0.1, 0.15) is 17.3 Å². The van der Waals surface area contributed by atoms with Crippen LogP contribution in [0.15, 0.2) is 53.8 Å². The molecular weight excluding hydrogens is 436 g/mol. The number of aromatic nitrogens is 2. The maximum atomic E-state index is 11.0. The van der Waals surface area contributed by atoms with Gasteiger partial charge in [0.05, 0.1) is 6.54 Å². The Bertz CT molecular complexity index is 1140. The Balaban J connectivity index is 1.79. The molecule has 1 atom stereocenters. The van der Waals surface area contributed by atoms with Crippen molar-refractivity contribution >= 4 is 6.21 Å². The number of benzene rings is 2. The van der Waals surface area contributed by atoms with Crippen LogP contribution in [0, 0.1) is 0 Å². The standard InChI is InChI=1S/C29H40N4O2/c1-28(2,3)21-16-20(27(35)23(17-21)29(4,5)6)19-30-14-15-33(7)24(18-26-31-12-13-32-26)22-10-8-9-11-25(22)34/h8-13,16-17,19,24,34-35H,14-15,18H2,1-7H3,(H,31,32)/t24-/m0/s1. The summed E-state index contributed by atoms with van der Waals surface area (Å²) in [6.07, 6.45) is 5.99. The SMILES string of the molecule is CN(CCN=Cc1cc(C(C)(C)C)cc(C(C)(C)C)c1O)[C@@H](Cc1ncc[nH]1)c1ccccc1O. The first-order valence-corrected chi connectivity index (χ1v) is 12.2. The summed E-state index contributed by atoms with van der Waals surface area (Å²) in [4.78, 5) is 14.4. The van der Waals surface area contributed by atoms with Gasteiger partial charge in [-0.15, -0.1) is 0 Å². The van der Waals surface area contributed by atoms with Crippen LogP contribution in [0.5, 0.6) is 11.5 Å². The van der Waals surface area contributed by atoms with Crippen LogP contribution >= 0.6 is 0 Å². The van der Waals surface area contributed by atoms with Crippen molar-refractivity contribution in [2.75, 3.05) is 20.1 Å². The zero-order chi connectivity index (χ0) is 25.8. The summed E-state index contributed by atoms with van der Waals surface area (Å²) in [7, 11) is 2.03. The molecule has 6 nitrogen and oxygen atoms in total. The molecule has 6 heteroatoms. The molecule has 3 rings (SSSR count). The Morgan fingerprint density at radius 1 is 1.06 bits per heavy atom. The van der Waals surface area contributed by atoms with Gasteiger partial charge in [0.2, 0.25) is 0 Å². The van der Waals surface area contributed by atoms with E-state index >= 15 is 0 Å². The molecule has 0 amide bonds. The third-order valence-corrected chi connectivity index (χ3v) is 6.39. The Morgan fingerprint density at radius 3 is 2.37 bits per heavy atom. The van der Waals surface area contributed by atoms with Gasteiger partial charge in [-0.3, -0.25) is 9.89 Å². The summed E-state index contributed by atoms with van der Waals surface area (Å²) in [5.74, 6) is 1.44. The van der Waals surface area contributed by atoms with Gasteiger partial charge in [-0.2, -0.15) is 0 Å². The molecule has 188 valence electrons. The van der Waals surface area contributed by atoms with Crippen LogP contribution in [0.2, 0.25) is 0 Å². The van der Waals surface area contributed by atoms with Crippen molar-refractivity contribution in [2.45, 2.75) is 64.8 Å². The highest BCUT2D eigenvalue weighted by molar-refractivity contribution is 5.85. The number of nitrogens with zero attached hydrogens (tertiary/aromatic N) is 3. The number of phenols is 2. The van der Waals surface area contributed by atoms with Gasteiger partial charge < -0.3 is 15.2 Å². The number of rotatable bonds is 8. The van der Waals surface area contributed by atoms with Gasteiger partial charge in [-0.25, -0.2) is 4.98 Å². The molecule has 1 aromatic heterocycles. The molecule has 3 N–H and O–H groups in total. The van der Waals surface area contributed by atoms with E-state index in [0.717, 1.165) is 22.5 Å². The molecule has 1 heterocycles. The number of aromatic hydroxyl groups is 2. The monoisotopic (exact) mass is 476 g/mol. The van der Waals surface area contributed by atoms with E-state index in [4.69, 9.17) is 0 Å². The predicted molar refractivity (Wildman–Crippen MR) is 144 cm³/mol. The number of aliphatic imine (C=N–C) groups is 1. The van der Waals surface area contributed by atoms with E-state index in [2.05, 4.69) is 67.5 Å². The Kier molecular flexibility index (Phi) is 8.06. The fraction of sp³-hybridized carbons (Fsp3) is 0.448. The van der Waals surface area contributed by atoms with Crippen molar-refractivity contribution in [3.8, 4) is 11.5 Å². The van der Waals surface area contributed by atoms with E-state index in [1.165, 1.54) is 5.56 Å². The number of likely N-dealkylation sites (N-methyl/N-ethyl adjacent to an activating group) is 1. The van der Waals surface area contributed by atoms with Crippen LogP contribution in [0.1, 0.15) is 75.7 Å². The summed E-state index contributed by atoms with van der Waals surface area (Å²) < 4.78 is 0. The lowest BCUT2D eigenvalue weighted by atomic mass is 9.79. The minimum atomic E-state index is -0.176. The van der Waals surface area contributed by atoms with Gasteiger partial charge in [0.25, 0.3) is 0 Å². The minimum Gasteiger partial charge on any atom is -0.508 e. The number of H-pyrrole nitrogens is 1. The molecule has 0 aliphatic rings. The molecule has 0 saturated heterocycles. The summed E-state index contributed by atoms with van der Waals surface area (Å²) in [6, 6.07) is 11.5. The lowest BCUT2D eigenvalue weighted by molar-refractivity contribution is 0.242. The molecule has 0 aliphatic carbocycles. The maximum absolute atomic E-state index is 11.0. The van der Waals surface area contributed by atoms with E-state index in [1.807, 2.05) is 37.5 Å². The van der Waals surface area contributed by atoms with E-state index in [9.17, 15) is 10.2 Å². The third-order valence-electron chi connectivity index (χ3n) is 6.39. The fourth-order valence-corrected chi connectivity index (χ4v) is 4.16. The van der Waals surface area contributed by atoms with Gasteiger partial charge in [0.15, 0.2) is 0 Å². The number of hydrogen-bond acceptors (Lipinski definition) is 5. The second kappa shape index (κ2) is 10.6. The van der Waals surface area contributed by atoms with Gasteiger partial charge in [-0.05, 0) is 35.6 Å². The fourth-order valence-electron chi connectivity index (χ4n) is 4.16. The van der Waals surface area contributed by atoms with Crippen LogP contribution in [-0.2, 0) is 17.3 Å². The number of phenolic OH excluding ortho intramolecular Hbond substituents is 2. The van der Waals surface area contributed by atoms with Crippen molar-refractivity contribution < 1.29 is 10.2 Å². The second-order valence-electron chi connectivity index (χ2n) is 11.3. The van der Waals surface area contributed by atoms with E-state index in [0.29, 0.717) is 25.3 Å². The van der Waals surface area contributed by atoms with Crippen molar-refractivity contribution in [1.82, 2.24) is 14.9 Å². The summed E-state index contributed by atoms with van der Waals surface area (Å²) in [5.41, 5.74) is 3.51. The van der Waals surface area contributed by atoms with Crippen molar-refractivity contribution in [1.29, 1.82) is 0 Å². The highest BCUT2D eigenvalue weighted by Crippen LogP contribution is 2.37. The highest BCUT2D eigenvalue weighted by atomic mass is 16.3. The molecule has 0 spiro atoms. The van der Waals surface area contributed by atoms with Gasteiger partial charge in [0, 0.05) is 54.3 Å². The Morgan fingerprint density at radius 2 is 1.77 bits per heavy atom. The molecule has 0 saturated carbocycles. The van der Waals surface area contributed by atoms with Gasteiger partial charge in [-0.1, -0.05) is 65.8 Å². The molecule has 0 aliphatic heterocycles. The molecular formula is C29H40N4O2. The maximum Gasteiger partial charge on any atom is 0.128 e. The van der Waals surface area contributed by atoms with Crippen LogP contribution < -0.4 is 0 Å². The van der Waals surface area contributed by atoms with Gasteiger partial charge >= 0.3 is 0 Å². The van der Waals surface area contributed by atoms with Crippen LogP contribution in [0.4, 0.5) is 0 Å². The number of aromatic amines is 1. The summed E-state index contributed by atoms with van der Waals surface area (Å²) in [6.45, 7) is 14.1. The smallest absolute Gasteiger partial charge is 0.128 e. The van der Waals surface area contributed by atoms with Crippen LogP contribution in [-0.4, -0.2) is 51.4 Å². The Hall–Kier alpha value is -3.12. The average Bonchev–Trinajstić information content (AvgIpc) is 3.28. The zero-order valence-corrected chi connectivity index (χ0v) is 22.1. The molecule has 2 aromatic carbocycles. The molecule has 3 aromatic rings. The largest absolute Gasteiger partial charge is 0.508 e. The Labute approximate surface area is 209 Å². The normalized spacial score (nSPS) is 13.6. The molecule has 0 bridgehead atoms. The molecule has 35 heavy (non-hydrogen) atoms. The topological polar surface area (TPSA) is 84.7 Å². The van der Waals surface area contributed by atoms with Crippen molar-refractivity contribution in [2.24, 2.45) is 4.99 Å². The zero-order valence-electron chi connectivity index (χ0n) is 22.1. The van der Waals surface area contributed by atoms with Crippen molar-refractivity contribution in [3.05, 3.63) is 76.9 Å². The highest BCUT2D eigenvalue weighted by Gasteiger charge is 2.25. The van der Waals surface area contributed by atoms with Crippen LogP contribution in [0.3, 0.4) is 0 Å². The number of imidazole rings is 1. The van der Waals surface area contributed by atoms with Crippen molar-refractivity contribution in [3.63, 3.8) is 0 Å². The van der Waals surface area contributed by atoms with E-state index < -0.39 is 0 Å². The number of para-hydroxylation sites is 1. The molecule has 0 unspecified atom stereocenters. The first kappa shape index (κ1) is 26.5. The first-order valence-electron chi connectivity index (χ1n) is 12.2. The number of hydrogen-bond donors (Lipinski definition) is 3. The second-order valence-corrected chi connectivity index (χ2v) is 11.3. The third kappa shape index (κ3) is 6.73. The first-order chi connectivity index (χ1) is 16.4. The molecule has 0 radical (unpaired) electrons. The number of nitrogens with one attached hydrogen (secondary N) is 1. The van der Waals surface area contributed by atoms with Crippen LogP contribution in [0.25, 0.3) is 0 Å².